The fraction of sp³-hybridized carbons (Fsp3) is 0.400. The second-order valence-corrected chi connectivity index (χ2v) is 10.3. The summed E-state index contributed by atoms with van der Waals surface area (Å²) in [5, 5.41) is 21.6. The summed E-state index contributed by atoms with van der Waals surface area (Å²) < 4.78 is 1.69. The molecule has 7 nitrogen and oxygen atoms in total. The van der Waals surface area contributed by atoms with Crippen LogP contribution in [0.15, 0.2) is 26.0 Å². The van der Waals surface area contributed by atoms with Crippen LogP contribution >= 0.6 is 55.8 Å². The van der Waals surface area contributed by atoms with E-state index < -0.39 is 5.97 Å². The lowest BCUT2D eigenvalue weighted by Gasteiger charge is -2.14. The van der Waals surface area contributed by atoms with Gasteiger partial charge in [-0.1, -0.05) is 46.3 Å². The highest BCUT2D eigenvalue weighted by molar-refractivity contribution is 9.11. The van der Waals surface area contributed by atoms with Gasteiger partial charge >= 0.3 is 5.97 Å². The van der Waals surface area contributed by atoms with Crippen LogP contribution in [-0.2, 0) is 14.4 Å². The van der Waals surface area contributed by atoms with Gasteiger partial charge in [0.05, 0.1) is 9.38 Å². The smallest absolute Gasteiger partial charge is 0.303 e. The summed E-state index contributed by atoms with van der Waals surface area (Å²) in [5.41, 5.74) is 0.490. The maximum atomic E-state index is 12.7. The number of carbonyl (C=O) groups is 3. The number of phenolic OH excluding ortho intramolecular Hbond substituents is 1. The molecule has 0 atom stereocenters. The number of nitrogens with zero attached hydrogens (tertiary/aromatic N) is 1. The first-order valence-corrected chi connectivity index (χ1v) is 12.4. The average Bonchev–Trinajstić information content (AvgIpc) is 2.95. The Labute approximate surface area is 206 Å². The van der Waals surface area contributed by atoms with Crippen LogP contribution in [0.5, 0.6) is 5.75 Å². The number of unbranched alkanes of at least 4 members (excludes halogenated alkanes) is 2. The molecule has 2 amide bonds. The number of rotatable bonds is 11. The van der Waals surface area contributed by atoms with E-state index in [1.807, 2.05) is 0 Å². The van der Waals surface area contributed by atoms with Gasteiger partial charge in [0, 0.05) is 36.0 Å². The summed E-state index contributed by atoms with van der Waals surface area (Å²) in [6.07, 6.45) is 4.56. The third-order valence-corrected chi connectivity index (χ3v) is 6.83. The molecule has 0 unspecified atom stereocenters. The maximum absolute atomic E-state index is 12.7. The largest absolute Gasteiger partial charge is 0.506 e. The number of amides is 2. The molecule has 168 valence electrons. The van der Waals surface area contributed by atoms with E-state index >= 15 is 0 Å². The van der Waals surface area contributed by atoms with Gasteiger partial charge in [-0.3, -0.25) is 19.3 Å². The molecule has 0 radical (unpaired) electrons. The van der Waals surface area contributed by atoms with E-state index in [0.29, 0.717) is 45.2 Å². The van der Waals surface area contributed by atoms with Crippen LogP contribution in [0.2, 0.25) is 0 Å². The van der Waals surface area contributed by atoms with Crippen LogP contribution in [0.1, 0.15) is 44.1 Å². The molecule has 1 aromatic rings. The zero-order chi connectivity index (χ0) is 23.0. The van der Waals surface area contributed by atoms with Crippen molar-refractivity contribution in [1.82, 2.24) is 10.2 Å². The van der Waals surface area contributed by atoms with Gasteiger partial charge in [-0.05, 0) is 53.4 Å². The number of carboxylic acid groups (broad SMARTS) is 1. The molecule has 31 heavy (non-hydrogen) atoms. The minimum absolute atomic E-state index is 0.0353. The summed E-state index contributed by atoms with van der Waals surface area (Å²) in [7, 11) is 0. The first-order chi connectivity index (χ1) is 14.7. The predicted molar refractivity (Wildman–Crippen MR) is 132 cm³/mol. The van der Waals surface area contributed by atoms with Crippen molar-refractivity contribution in [2.75, 3.05) is 13.1 Å². The maximum Gasteiger partial charge on any atom is 0.303 e. The topological polar surface area (TPSA) is 107 Å². The lowest BCUT2D eigenvalue weighted by Crippen LogP contribution is -2.30. The van der Waals surface area contributed by atoms with Gasteiger partial charge in [0.25, 0.3) is 5.91 Å². The first-order valence-electron chi connectivity index (χ1n) is 9.61. The highest BCUT2D eigenvalue weighted by atomic mass is 79.9. The molecular formula is C20H22Br2N2O5S2. The fourth-order valence-corrected chi connectivity index (χ4v) is 5.38. The monoisotopic (exact) mass is 592 g/mol. The highest BCUT2D eigenvalue weighted by Crippen LogP contribution is 2.37. The molecule has 11 heteroatoms. The van der Waals surface area contributed by atoms with E-state index in [1.165, 1.54) is 4.90 Å². The third kappa shape index (κ3) is 8.21. The molecule has 1 saturated heterocycles. The second-order valence-electron chi connectivity index (χ2n) is 6.82. The van der Waals surface area contributed by atoms with Crippen LogP contribution in [0.4, 0.5) is 0 Å². The Kier molecular flexibility index (Phi) is 10.5. The molecule has 3 N–H and O–H groups in total. The standard InChI is InChI=1S/C20H22Br2N2O5S2/c21-13-9-12(18(28)14(22)11-13)10-15-19(29)24(20(30)31-15)8-4-5-16(25)23-7-3-1-2-6-17(26)27/h9-11,28H,1-8H2,(H,23,25)(H,26,27)/b15-10-. The van der Waals surface area contributed by atoms with E-state index in [4.69, 9.17) is 17.3 Å². The Morgan fingerprint density at radius 2 is 1.90 bits per heavy atom. The molecule has 1 aliphatic heterocycles. The predicted octanol–water partition coefficient (Wildman–Crippen LogP) is 4.66. The van der Waals surface area contributed by atoms with Crippen molar-refractivity contribution in [1.29, 1.82) is 0 Å². The van der Waals surface area contributed by atoms with Gasteiger partial charge in [0.1, 0.15) is 10.1 Å². The molecule has 1 fully saturated rings. The Bertz CT molecular complexity index is 908. The number of phenols is 1. The van der Waals surface area contributed by atoms with Crippen molar-refractivity contribution < 1.29 is 24.6 Å². The number of thioether (sulfide) groups is 1. The van der Waals surface area contributed by atoms with Crippen molar-refractivity contribution >= 4 is 84.0 Å². The summed E-state index contributed by atoms with van der Waals surface area (Å²) in [6, 6.07) is 3.41. The van der Waals surface area contributed by atoms with Gasteiger partial charge in [0.2, 0.25) is 5.91 Å². The highest BCUT2D eigenvalue weighted by Gasteiger charge is 2.32. The van der Waals surface area contributed by atoms with Crippen molar-refractivity contribution in [2.24, 2.45) is 0 Å². The molecule has 0 aliphatic carbocycles. The van der Waals surface area contributed by atoms with E-state index in [1.54, 1.807) is 18.2 Å². The Morgan fingerprint density at radius 1 is 1.16 bits per heavy atom. The Morgan fingerprint density at radius 3 is 2.61 bits per heavy atom. The van der Waals surface area contributed by atoms with Gasteiger partial charge in [0.15, 0.2) is 0 Å². The first kappa shape index (κ1) is 25.8. The molecule has 1 heterocycles. The number of thiocarbonyl (C=S) groups is 1. The zero-order valence-corrected chi connectivity index (χ0v) is 21.3. The minimum atomic E-state index is -0.809. The summed E-state index contributed by atoms with van der Waals surface area (Å²) >= 11 is 13.1. The fourth-order valence-electron chi connectivity index (χ4n) is 2.82. The SMILES string of the molecule is O=C(O)CCCCCNC(=O)CCCN1C(=O)/C(=C/c2cc(Br)cc(Br)c2O)SC1=S. The molecular weight excluding hydrogens is 572 g/mol. The van der Waals surface area contributed by atoms with Crippen LogP contribution < -0.4 is 5.32 Å². The van der Waals surface area contributed by atoms with Crippen molar-refractivity contribution in [3.63, 3.8) is 0 Å². The van der Waals surface area contributed by atoms with Gasteiger partial charge in [-0.25, -0.2) is 0 Å². The quantitative estimate of drug-likeness (QED) is 0.195. The number of aliphatic carboxylic acids is 1. The second kappa shape index (κ2) is 12.6. The van der Waals surface area contributed by atoms with Crippen LogP contribution in [0.25, 0.3) is 6.08 Å². The van der Waals surface area contributed by atoms with Crippen LogP contribution in [0, 0.1) is 0 Å². The summed E-state index contributed by atoms with van der Waals surface area (Å²) in [5.74, 6) is -1.13. The third-order valence-electron chi connectivity index (χ3n) is 4.39. The lowest BCUT2D eigenvalue weighted by molar-refractivity contribution is -0.137. The van der Waals surface area contributed by atoms with Gasteiger partial charge < -0.3 is 15.5 Å². The lowest BCUT2D eigenvalue weighted by atomic mass is 10.2. The normalized spacial score (nSPS) is 15.0. The van der Waals surface area contributed by atoms with Gasteiger partial charge in [-0.2, -0.15) is 0 Å². The van der Waals surface area contributed by atoms with E-state index in [2.05, 4.69) is 37.2 Å². The van der Waals surface area contributed by atoms with E-state index in [0.717, 1.165) is 29.1 Å². The number of carbonyl (C=O) groups excluding carboxylic acids is 2. The molecule has 2 rings (SSSR count). The molecule has 0 spiro atoms. The Hall–Kier alpha value is -1.43. The number of hydrogen-bond acceptors (Lipinski definition) is 6. The molecule has 1 aromatic carbocycles. The number of nitrogens with one attached hydrogen (secondary N) is 1. The van der Waals surface area contributed by atoms with Crippen molar-refractivity contribution in [3.8, 4) is 5.75 Å². The van der Waals surface area contributed by atoms with Gasteiger partial charge in [-0.15, -0.1) is 0 Å². The number of aromatic hydroxyl groups is 1. The number of benzene rings is 1. The summed E-state index contributed by atoms with van der Waals surface area (Å²) in [6.45, 7) is 0.843. The molecule has 0 saturated carbocycles. The zero-order valence-electron chi connectivity index (χ0n) is 16.5. The Balaban J connectivity index is 1.79. The number of halogens is 2. The number of carboxylic acids is 1. The average molecular weight is 594 g/mol. The van der Waals surface area contributed by atoms with Crippen molar-refractivity contribution in [3.05, 3.63) is 31.5 Å². The number of hydrogen-bond donors (Lipinski definition) is 3. The molecule has 0 bridgehead atoms. The van der Waals surface area contributed by atoms with Crippen molar-refractivity contribution in [2.45, 2.75) is 38.5 Å². The molecule has 0 aromatic heterocycles. The molecule has 1 aliphatic rings. The summed E-state index contributed by atoms with van der Waals surface area (Å²) in [4.78, 5) is 37.0. The van der Waals surface area contributed by atoms with Crippen LogP contribution in [0.3, 0.4) is 0 Å². The minimum Gasteiger partial charge on any atom is -0.506 e. The van der Waals surface area contributed by atoms with E-state index in [-0.39, 0.29) is 30.4 Å². The van der Waals surface area contributed by atoms with Crippen LogP contribution in [-0.4, -0.2) is 50.3 Å². The van der Waals surface area contributed by atoms with E-state index in [9.17, 15) is 19.5 Å².